The highest BCUT2D eigenvalue weighted by Crippen LogP contribution is 2.33. The number of nitrogens with one attached hydrogen (secondary N) is 2. The van der Waals surface area contributed by atoms with E-state index >= 15 is 0 Å². The minimum absolute atomic E-state index is 0.130. The second-order valence-electron chi connectivity index (χ2n) is 5.33. The van der Waals surface area contributed by atoms with Crippen LogP contribution in [0.2, 0.25) is 0 Å². The second kappa shape index (κ2) is 7.14. The molecule has 0 aliphatic heterocycles. The Morgan fingerprint density at radius 1 is 1.19 bits per heavy atom. The van der Waals surface area contributed by atoms with Gasteiger partial charge in [0.25, 0.3) is 0 Å². The van der Waals surface area contributed by atoms with E-state index in [0.717, 1.165) is 0 Å². The summed E-state index contributed by atoms with van der Waals surface area (Å²) in [7, 11) is 3.01. The predicted octanol–water partition coefficient (Wildman–Crippen LogP) is 2.53. The molecule has 3 N–H and O–H groups in total. The van der Waals surface area contributed by atoms with E-state index in [4.69, 9.17) is 19.4 Å². The smallest absolute Gasteiger partial charge is 0.412 e. The first-order valence-corrected chi connectivity index (χ1v) is 6.42. The maximum absolute atomic E-state index is 11.9. The fourth-order valence-electron chi connectivity index (χ4n) is 1.68. The van der Waals surface area contributed by atoms with Crippen LogP contribution in [0, 0.1) is 0 Å². The summed E-state index contributed by atoms with van der Waals surface area (Å²) in [5.74, 6) is 0.961. The predicted molar refractivity (Wildman–Crippen MR) is 78.0 cm³/mol. The lowest BCUT2D eigenvalue weighted by atomic mass is 10.1. The van der Waals surface area contributed by atoms with Crippen LogP contribution in [0.4, 0.5) is 10.5 Å². The van der Waals surface area contributed by atoms with E-state index in [9.17, 15) is 4.79 Å². The molecular weight excluding hydrogens is 276 g/mol. The number of hydrogen-bond acceptors (Lipinski definition) is 6. The van der Waals surface area contributed by atoms with Gasteiger partial charge < -0.3 is 19.4 Å². The molecule has 0 radical (unpaired) electrons. The van der Waals surface area contributed by atoms with Gasteiger partial charge in [-0.15, -0.1) is 0 Å². The molecular formula is C14H22N2O5. The van der Waals surface area contributed by atoms with Crippen molar-refractivity contribution in [1.82, 2.24) is 5.48 Å². The number of hydroxylamine groups is 1. The molecule has 118 valence electrons. The zero-order chi connectivity index (χ0) is 16.0. The van der Waals surface area contributed by atoms with Gasteiger partial charge in [-0.05, 0) is 32.4 Å². The molecule has 0 aliphatic carbocycles. The van der Waals surface area contributed by atoms with Gasteiger partial charge in [-0.1, -0.05) is 0 Å². The lowest BCUT2D eigenvalue weighted by molar-refractivity contribution is 0.0635. The molecule has 1 aromatic rings. The average molecular weight is 298 g/mol. The number of rotatable bonds is 5. The van der Waals surface area contributed by atoms with E-state index < -0.39 is 11.7 Å². The third-order valence-electron chi connectivity index (χ3n) is 2.51. The van der Waals surface area contributed by atoms with Crippen LogP contribution in [0.1, 0.15) is 26.3 Å². The van der Waals surface area contributed by atoms with Crippen LogP contribution in [0.3, 0.4) is 0 Å². The van der Waals surface area contributed by atoms with E-state index in [1.54, 1.807) is 32.9 Å². The summed E-state index contributed by atoms with van der Waals surface area (Å²) >= 11 is 0. The first-order chi connectivity index (χ1) is 9.80. The van der Waals surface area contributed by atoms with Crippen LogP contribution in [0.5, 0.6) is 11.5 Å². The van der Waals surface area contributed by atoms with Crippen LogP contribution in [0.15, 0.2) is 12.1 Å². The minimum Gasteiger partial charge on any atom is -0.493 e. The summed E-state index contributed by atoms with van der Waals surface area (Å²) in [6, 6.07) is 3.27. The molecule has 0 spiro atoms. The molecule has 1 amide bonds. The molecule has 0 bridgehead atoms. The first kappa shape index (κ1) is 17.1. The van der Waals surface area contributed by atoms with Gasteiger partial charge in [-0.25, -0.2) is 10.3 Å². The topological polar surface area (TPSA) is 89.1 Å². The number of methoxy groups -OCH3 is 2. The third-order valence-corrected chi connectivity index (χ3v) is 2.51. The number of anilines is 1. The largest absolute Gasteiger partial charge is 0.493 e. The second-order valence-corrected chi connectivity index (χ2v) is 5.33. The van der Waals surface area contributed by atoms with Crippen molar-refractivity contribution in [2.24, 2.45) is 0 Å². The quantitative estimate of drug-likeness (QED) is 0.724. The van der Waals surface area contributed by atoms with Gasteiger partial charge in [0, 0.05) is 12.6 Å². The van der Waals surface area contributed by atoms with E-state index in [1.165, 1.54) is 14.2 Å². The van der Waals surface area contributed by atoms with Crippen LogP contribution >= 0.6 is 0 Å². The van der Waals surface area contributed by atoms with Crippen molar-refractivity contribution >= 4 is 11.8 Å². The highest BCUT2D eigenvalue weighted by atomic mass is 16.6. The average Bonchev–Trinajstić information content (AvgIpc) is 2.38. The van der Waals surface area contributed by atoms with E-state index in [2.05, 4.69) is 5.32 Å². The molecule has 0 aromatic heterocycles. The zero-order valence-corrected chi connectivity index (χ0v) is 12.9. The molecule has 7 heteroatoms. The molecule has 1 rings (SSSR count). The van der Waals surface area contributed by atoms with Gasteiger partial charge >= 0.3 is 6.09 Å². The van der Waals surface area contributed by atoms with Crippen LogP contribution in [-0.2, 0) is 11.3 Å². The van der Waals surface area contributed by atoms with Crippen LogP contribution in [0.25, 0.3) is 0 Å². The summed E-state index contributed by atoms with van der Waals surface area (Å²) in [5.41, 5.74) is 2.53. The van der Waals surface area contributed by atoms with E-state index in [1.807, 2.05) is 5.48 Å². The molecule has 0 heterocycles. The molecule has 0 aliphatic rings. The van der Waals surface area contributed by atoms with Gasteiger partial charge in [0.2, 0.25) is 0 Å². The van der Waals surface area contributed by atoms with Crippen molar-refractivity contribution < 1.29 is 24.2 Å². The van der Waals surface area contributed by atoms with Crippen molar-refractivity contribution in [3.63, 3.8) is 0 Å². The van der Waals surface area contributed by atoms with Gasteiger partial charge in [0.1, 0.15) is 5.60 Å². The summed E-state index contributed by atoms with van der Waals surface area (Å²) < 4.78 is 15.6. The monoisotopic (exact) mass is 298 g/mol. The highest BCUT2D eigenvalue weighted by molar-refractivity contribution is 5.86. The molecule has 7 nitrogen and oxygen atoms in total. The van der Waals surface area contributed by atoms with Crippen molar-refractivity contribution in [2.45, 2.75) is 32.9 Å². The Hall–Kier alpha value is -1.99. The van der Waals surface area contributed by atoms with Crippen molar-refractivity contribution in [2.75, 3.05) is 19.5 Å². The summed E-state index contributed by atoms with van der Waals surface area (Å²) in [6.07, 6.45) is -0.589. The lowest BCUT2D eigenvalue weighted by Gasteiger charge is -2.21. The Bertz CT molecular complexity index is 497. The molecule has 0 saturated heterocycles. The SMILES string of the molecule is COc1cc(CNO)c(NC(=O)OC(C)(C)C)cc1OC. The van der Waals surface area contributed by atoms with Gasteiger partial charge in [0.05, 0.1) is 19.9 Å². The molecule has 0 saturated carbocycles. The Balaban J connectivity index is 3.05. The standard InChI is InChI=1S/C14H22N2O5/c1-14(2,3)21-13(17)16-10-7-12(20-5)11(19-4)6-9(10)8-15-18/h6-7,15,18H,8H2,1-5H3,(H,16,17). The summed E-state index contributed by atoms with van der Waals surface area (Å²) in [4.78, 5) is 11.9. The molecule has 21 heavy (non-hydrogen) atoms. The third kappa shape index (κ3) is 5.13. The first-order valence-electron chi connectivity index (χ1n) is 6.42. The number of hydrogen-bond donors (Lipinski definition) is 3. The Morgan fingerprint density at radius 2 is 1.76 bits per heavy atom. The number of ether oxygens (including phenoxy) is 3. The molecule has 0 atom stereocenters. The van der Waals surface area contributed by atoms with Gasteiger partial charge in [-0.2, -0.15) is 0 Å². The number of benzene rings is 1. The molecule has 1 aromatic carbocycles. The van der Waals surface area contributed by atoms with Crippen molar-refractivity contribution in [1.29, 1.82) is 0 Å². The highest BCUT2D eigenvalue weighted by Gasteiger charge is 2.18. The molecule has 0 fully saturated rings. The van der Waals surface area contributed by atoms with Crippen molar-refractivity contribution in [3.8, 4) is 11.5 Å². The van der Waals surface area contributed by atoms with Crippen LogP contribution in [-0.4, -0.2) is 31.1 Å². The van der Waals surface area contributed by atoms with Gasteiger partial charge in [-0.3, -0.25) is 5.32 Å². The fourth-order valence-corrected chi connectivity index (χ4v) is 1.68. The van der Waals surface area contributed by atoms with Gasteiger partial charge in [0.15, 0.2) is 11.5 Å². The van der Waals surface area contributed by atoms with E-state index in [-0.39, 0.29) is 6.54 Å². The zero-order valence-electron chi connectivity index (χ0n) is 12.9. The van der Waals surface area contributed by atoms with Crippen LogP contribution < -0.4 is 20.3 Å². The normalized spacial score (nSPS) is 11.0. The van der Waals surface area contributed by atoms with E-state index in [0.29, 0.717) is 22.7 Å². The number of carbonyl (C=O) groups excluding carboxylic acids is 1. The Labute approximate surface area is 124 Å². The fraction of sp³-hybridized carbons (Fsp3) is 0.500. The number of amides is 1. The Morgan fingerprint density at radius 3 is 2.24 bits per heavy atom. The van der Waals surface area contributed by atoms with Crippen molar-refractivity contribution in [3.05, 3.63) is 17.7 Å². The molecule has 0 unspecified atom stereocenters. The maximum atomic E-state index is 11.9. The lowest BCUT2D eigenvalue weighted by Crippen LogP contribution is -2.27. The number of carbonyl (C=O) groups is 1. The summed E-state index contributed by atoms with van der Waals surface area (Å²) in [5, 5.41) is 11.5. The Kier molecular flexibility index (Phi) is 5.80. The minimum atomic E-state index is -0.601. The summed E-state index contributed by atoms with van der Waals surface area (Å²) in [6.45, 7) is 5.46. The maximum Gasteiger partial charge on any atom is 0.412 e.